The maximum absolute atomic E-state index is 6.68. The van der Waals surface area contributed by atoms with Gasteiger partial charge in [0.2, 0.25) is 0 Å². The van der Waals surface area contributed by atoms with Crippen LogP contribution in [0.2, 0.25) is 0 Å². The second-order valence-electron chi connectivity index (χ2n) is 14.7. The molecule has 2 aliphatic heterocycles. The van der Waals surface area contributed by atoms with Crippen LogP contribution in [0.4, 0.5) is 0 Å². The third-order valence-corrected chi connectivity index (χ3v) is 12.4. The van der Waals surface area contributed by atoms with Gasteiger partial charge in [-0.2, -0.15) is 0 Å². The first-order valence-corrected chi connectivity index (χ1v) is 15.5. The lowest BCUT2D eigenvalue weighted by Crippen LogP contribution is -2.65. The van der Waals surface area contributed by atoms with Crippen LogP contribution in [0.3, 0.4) is 0 Å². The first kappa shape index (κ1) is 25.7. The normalized spacial score (nSPS) is 47.4. The van der Waals surface area contributed by atoms with Gasteiger partial charge in [0.15, 0.2) is 11.6 Å². The average Bonchev–Trinajstić information content (AvgIpc) is 3.56. The summed E-state index contributed by atoms with van der Waals surface area (Å²) >= 11 is 0. The van der Waals surface area contributed by atoms with Crippen LogP contribution in [0.25, 0.3) is 6.08 Å². The van der Waals surface area contributed by atoms with Gasteiger partial charge in [-0.1, -0.05) is 63.3 Å². The first-order valence-electron chi connectivity index (χ1n) is 15.5. The van der Waals surface area contributed by atoms with Gasteiger partial charge >= 0.3 is 0 Å². The summed E-state index contributed by atoms with van der Waals surface area (Å²) in [6.07, 6.45) is 13.7. The van der Waals surface area contributed by atoms with Crippen LogP contribution in [0.1, 0.15) is 85.1 Å². The van der Waals surface area contributed by atoms with Crippen LogP contribution >= 0.6 is 0 Å². The summed E-state index contributed by atoms with van der Waals surface area (Å²) in [4.78, 5) is 0. The summed E-state index contributed by atoms with van der Waals surface area (Å²) in [5.74, 6) is 2.90. The van der Waals surface area contributed by atoms with Gasteiger partial charge in [-0.15, -0.1) is 0 Å². The molecule has 4 aliphatic carbocycles. The van der Waals surface area contributed by atoms with E-state index in [2.05, 4.69) is 77.1 Å². The highest BCUT2D eigenvalue weighted by Crippen LogP contribution is 2.71. The maximum Gasteiger partial charge on any atom is 0.172 e. The molecule has 10 atom stereocenters. The molecule has 208 valence electrons. The zero-order valence-electron chi connectivity index (χ0n) is 24.2. The van der Waals surface area contributed by atoms with Gasteiger partial charge in [-0.25, -0.2) is 0 Å². The van der Waals surface area contributed by atoms with E-state index < -0.39 is 11.6 Å². The lowest BCUT2D eigenvalue weighted by molar-refractivity contribution is -0.300. The summed E-state index contributed by atoms with van der Waals surface area (Å²) in [5.41, 5.74) is 1.86. The molecule has 38 heavy (non-hydrogen) atoms. The quantitative estimate of drug-likeness (QED) is 0.414. The van der Waals surface area contributed by atoms with E-state index in [0.29, 0.717) is 29.1 Å². The van der Waals surface area contributed by atoms with Crippen molar-refractivity contribution in [2.75, 3.05) is 13.2 Å². The molecule has 6 aliphatic rings. The molecule has 4 saturated carbocycles. The molecule has 4 nitrogen and oxygen atoms in total. The minimum atomic E-state index is -0.490. The molecule has 1 aromatic carbocycles. The number of rotatable bonds is 3. The maximum atomic E-state index is 6.68. The Morgan fingerprint density at radius 2 is 1.55 bits per heavy atom. The van der Waals surface area contributed by atoms with E-state index in [1.807, 2.05) is 0 Å². The predicted molar refractivity (Wildman–Crippen MR) is 149 cm³/mol. The van der Waals surface area contributed by atoms with Crippen molar-refractivity contribution in [3.8, 4) is 0 Å². The second-order valence-corrected chi connectivity index (χ2v) is 14.7. The van der Waals surface area contributed by atoms with Crippen LogP contribution in [-0.4, -0.2) is 37.0 Å². The van der Waals surface area contributed by atoms with Crippen molar-refractivity contribution < 1.29 is 18.9 Å². The number of hydrogen-bond donors (Lipinski definition) is 0. The lowest BCUT2D eigenvalue weighted by atomic mass is 9.42. The molecule has 0 bridgehead atoms. The highest BCUT2D eigenvalue weighted by atomic mass is 16.8. The lowest BCUT2D eigenvalue weighted by Gasteiger charge is -2.65. The fourth-order valence-corrected chi connectivity index (χ4v) is 11.0. The Kier molecular flexibility index (Phi) is 6.03. The molecular formula is C34H48O4. The molecule has 2 heterocycles. The number of fused-ring (bicyclic) bond motifs is 7. The van der Waals surface area contributed by atoms with Crippen molar-refractivity contribution >= 4 is 6.08 Å². The number of ether oxygens (including phenoxy) is 4. The van der Waals surface area contributed by atoms with Crippen molar-refractivity contribution in [3.05, 3.63) is 42.0 Å². The number of allylic oxidation sites excluding steroid dienone is 1. The van der Waals surface area contributed by atoms with Crippen LogP contribution < -0.4 is 0 Å². The van der Waals surface area contributed by atoms with E-state index in [-0.39, 0.29) is 17.6 Å². The standard InChI is InChI=1S/C34H48O4/c1-22(11-12-23-9-7-6-8-10-23)25-13-14-26-24-20-34(35-17-18-36-34)30-19-28-29(38-31(2,3)37-28)21-33(30,5)27(24)15-16-32(25,26)4/h6-12,22,24-30H,13-21H2,1-5H3/b12-11+/t22-,24+,25-,26+,27+,28+,29-,30+,32-,33-/m1/s1. The SMILES string of the molecule is C[C@H](/C=C/c1ccccc1)[C@H]1CC[C@H]2[C@@H]3CC4(OCCO4)[C@H]4C[C@@H]5OC(C)(C)O[C@@H]5C[C@]4(C)[C@H]3CC[C@]12C. The van der Waals surface area contributed by atoms with Crippen molar-refractivity contribution in [3.63, 3.8) is 0 Å². The van der Waals surface area contributed by atoms with Crippen LogP contribution in [0.15, 0.2) is 36.4 Å². The average molecular weight is 521 g/mol. The van der Waals surface area contributed by atoms with Gasteiger partial charge in [0, 0.05) is 12.3 Å². The van der Waals surface area contributed by atoms with Crippen molar-refractivity contribution in [1.29, 1.82) is 0 Å². The van der Waals surface area contributed by atoms with Crippen molar-refractivity contribution in [2.24, 2.45) is 46.3 Å². The zero-order valence-corrected chi connectivity index (χ0v) is 24.2. The second kappa shape index (κ2) is 8.90. The number of hydrogen-bond acceptors (Lipinski definition) is 4. The molecule has 0 amide bonds. The predicted octanol–water partition coefficient (Wildman–Crippen LogP) is 7.48. The largest absolute Gasteiger partial charge is 0.347 e. The highest BCUT2D eigenvalue weighted by molar-refractivity contribution is 5.49. The summed E-state index contributed by atoms with van der Waals surface area (Å²) in [6, 6.07) is 10.8. The summed E-state index contributed by atoms with van der Waals surface area (Å²) in [6.45, 7) is 13.3. The van der Waals surface area contributed by atoms with Crippen molar-refractivity contribution in [2.45, 2.75) is 103 Å². The first-order chi connectivity index (χ1) is 18.1. The third kappa shape index (κ3) is 3.84. The molecule has 0 radical (unpaired) electrons. The molecule has 1 aromatic rings. The van der Waals surface area contributed by atoms with Gasteiger partial charge in [-0.3, -0.25) is 0 Å². The topological polar surface area (TPSA) is 36.9 Å². The van der Waals surface area contributed by atoms with Gasteiger partial charge < -0.3 is 18.9 Å². The monoisotopic (exact) mass is 520 g/mol. The van der Waals surface area contributed by atoms with Gasteiger partial charge in [0.1, 0.15) is 0 Å². The molecule has 0 aromatic heterocycles. The molecule has 6 fully saturated rings. The Morgan fingerprint density at radius 1 is 0.842 bits per heavy atom. The summed E-state index contributed by atoms with van der Waals surface area (Å²) in [5, 5.41) is 0. The fraction of sp³-hybridized carbons (Fsp3) is 0.765. The van der Waals surface area contributed by atoms with Crippen LogP contribution in [0, 0.1) is 46.3 Å². The zero-order chi connectivity index (χ0) is 26.3. The Bertz CT molecular complexity index is 1060. The van der Waals surface area contributed by atoms with E-state index in [1.54, 1.807) is 0 Å². The van der Waals surface area contributed by atoms with E-state index >= 15 is 0 Å². The third-order valence-electron chi connectivity index (χ3n) is 12.4. The van der Waals surface area contributed by atoms with Gasteiger partial charge in [0.25, 0.3) is 0 Å². The van der Waals surface area contributed by atoms with E-state index in [9.17, 15) is 0 Å². The molecule has 4 heteroatoms. The molecule has 0 unspecified atom stereocenters. The van der Waals surface area contributed by atoms with Crippen LogP contribution in [-0.2, 0) is 18.9 Å². The molecule has 2 saturated heterocycles. The smallest absolute Gasteiger partial charge is 0.172 e. The Hall–Kier alpha value is -1.20. The number of benzene rings is 1. The van der Waals surface area contributed by atoms with Gasteiger partial charge in [0.05, 0.1) is 25.4 Å². The molecule has 7 rings (SSSR count). The minimum Gasteiger partial charge on any atom is -0.347 e. The Morgan fingerprint density at radius 3 is 2.32 bits per heavy atom. The van der Waals surface area contributed by atoms with E-state index in [1.165, 1.54) is 31.2 Å². The molecular weight excluding hydrogens is 472 g/mol. The highest BCUT2D eigenvalue weighted by Gasteiger charge is 2.70. The molecule has 0 N–H and O–H groups in total. The minimum absolute atomic E-state index is 0.159. The van der Waals surface area contributed by atoms with Crippen LogP contribution in [0.5, 0.6) is 0 Å². The summed E-state index contributed by atoms with van der Waals surface area (Å²) < 4.78 is 26.3. The van der Waals surface area contributed by atoms with Gasteiger partial charge in [-0.05, 0) is 98.4 Å². The molecule has 1 spiro atoms. The fourth-order valence-electron chi connectivity index (χ4n) is 11.0. The van der Waals surface area contributed by atoms with Crippen molar-refractivity contribution in [1.82, 2.24) is 0 Å². The van der Waals surface area contributed by atoms with E-state index in [0.717, 1.165) is 44.3 Å². The summed E-state index contributed by atoms with van der Waals surface area (Å²) in [7, 11) is 0. The van der Waals surface area contributed by atoms with E-state index in [4.69, 9.17) is 18.9 Å². The Labute approximate surface area is 229 Å². The Balaban J connectivity index is 1.18.